The minimum absolute atomic E-state index is 0.0274. The highest BCUT2D eigenvalue weighted by Gasteiger charge is 2.34. The summed E-state index contributed by atoms with van der Waals surface area (Å²) in [6, 6.07) is 26.0. The summed E-state index contributed by atoms with van der Waals surface area (Å²) in [7, 11) is -2.62. The van der Waals surface area contributed by atoms with Gasteiger partial charge >= 0.3 is 6.36 Å². The fourth-order valence-electron chi connectivity index (χ4n) is 10.8. The van der Waals surface area contributed by atoms with Crippen LogP contribution >= 0.6 is 0 Å². The molecule has 0 fully saturated rings. The summed E-state index contributed by atoms with van der Waals surface area (Å²) < 4.78 is 185. The lowest BCUT2D eigenvalue weighted by Crippen LogP contribution is -2.29. The molecule has 0 aliphatic rings. The van der Waals surface area contributed by atoms with Crippen molar-refractivity contribution in [2.75, 3.05) is 50.2 Å². The number of methoxy groups -OCH3 is 1. The van der Waals surface area contributed by atoms with Gasteiger partial charge in [-0.05, 0) is 122 Å². The van der Waals surface area contributed by atoms with E-state index in [1.165, 1.54) is 117 Å². The molecule has 0 aliphatic heterocycles. The Balaban J connectivity index is 1.10. The highest BCUT2D eigenvalue weighted by atomic mass is 32.2. The number of fused-ring (bicyclic) bond motifs is 4. The van der Waals surface area contributed by atoms with Crippen molar-refractivity contribution in [2.24, 2.45) is 0 Å². The molecule has 0 bridgehead atoms. The molecule has 0 spiro atoms. The number of hydrogen-bond donors (Lipinski definition) is 2. The Morgan fingerprint density at radius 1 is 0.630 bits per heavy atom. The molecule has 5 heterocycles. The Kier molecular flexibility index (Phi) is 15.3. The number of aryl methyl sites for hydroxylation is 1. The van der Waals surface area contributed by atoms with E-state index in [0.29, 0.717) is 6.07 Å². The molecule has 7 aromatic carbocycles. The number of carbonyl (C=O) groups excluding carboxylic acids is 2. The lowest BCUT2D eigenvalue weighted by molar-refractivity contribution is -0.274. The molecule has 29 heteroatoms. The Hall–Kier alpha value is -10.8. The number of halogens is 7. The molecule has 0 saturated carbocycles. The van der Waals surface area contributed by atoms with Gasteiger partial charge in [-0.1, -0.05) is 0 Å². The zero-order valence-corrected chi connectivity index (χ0v) is 50.7. The first kappa shape index (κ1) is 61.4. The van der Waals surface area contributed by atoms with Crippen LogP contribution < -0.4 is 28.7 Å². The van der Waals surface area contributed by atoms with Gasteiger partial charge in [0, 0.05) is 85.1 Å². The van der Waals surface area contributed by atoms with E-state index < -0.39 is 73.0 Å². The van der Waals surface area contributed by atoms with Gasteiger partial charge in [-0.3, -0.25) is 27.3 Å². The summed E-state index contributed by atoms with van der Waals surface area (Å²) in [6.07, 6.45) is -2.96. The van der Waals surface area contributed by atoms with Crippen LogP contribution in [0.4, 0.5) is 42.1 Å². The van der Waals surface area contributed by atoms with Crippen LogP contribution in [0.15, 0.2) is 143 Å². The number of imidazole rings is 2. The molecule has 0 atom stereocenters. The van der Waals surface area contributed by atoms with Crippen molar-refractivity contribution in [1.29, 1.82) is 0 Å². The zero-order valence-electron chi connectivity index (χ0n) is 49.0. The zero-order chi connectivity index (χ0) is 65.6. The second-order valence-corrected chi connectivity index (χ2v) is 25.0. The molecule has 0 saturated heterocycles. The van der Waals surface area contributed by atoms with Crippen LogP contribution in [-0.2, 0) is 25.8 Å². The van der Waals surface area contributed by atoms with Crippen LogP contribution in [0.3, 0.4) is 0 Å². The monoisotopic (exact) mass is 1300 g/mol. The first-order valence-corrected chi connectivity index (χ1v) is 30.8. The second kappa shape index (κ2) is 22.9. The largest absolute Gasteiger partial charge is 0.573 e. The molecule has 0 aliphatic carbocycles. The van der Waals surface area contributed by atoms with Crippen molar-refractivity contribution < 1.29 is 75.5 Å². The van der Waals surface area contributed by atoms with Crippen molar-refractivity contribution in [2.45, 2.75) is 19.0 Å². The normalized spacial score (nSPS) is 12.1. The number of benzene rings is 7. The molecule has 12 aromatic rings. The summed E-state index contributed by atoms with van der Waals surface area (Å²) in [4.78, 5) is 46.8. The van der Waals surface area contributed by atoms with Crippen molar-refractivity contribution >= 4 is 87.4 Å². The highest BCUT2D eigenvalue weighted by molar-refractivity contribution is 7.92. The fraction of sp³-hybridized carbons (Fsp3) is 0.143. The van der Waals surface area contributed by atoms with Crippen LogP contribution in [0.5, 0.6) is 11.5 Å². The quantitative estimate of drug-likeness (QED) is 0.0856. The van der Waals surface area contributed by atoms with E-state index in [1.54, 1.807) is 13.0 Å². The molecule has 20 nitrogen and oxygen atoms in total. The third-order valence-electron chi connectivity index (χ3n) is 15.2. The third kappa shape index (κ3) is 11.2. The Labute approximate surface area is 517 Å². The predicted octanol–water partition coefficient (Wildman–Crippen LogP) is 12.2. The summed E-state index contributed by atoms with van der Waals surface area (Å²) in [6.45, 7) is 1.59. The average molecular weight is 1300 g/mol. The SMILES string of the molecule is CNC(=O)c1c(-c2ccc(F)cc2)oc2cc(N(C)S(C)(=O)=O)c(-c3nc(CS(=O)(=O)N(C)c4cc5oc(-c6ccc(F)cc6)c(C(=O)NC)c5cc4-c4cc(OC)c5nc(C)n(-c6cc(F)cc(F)c6)c5c4)c4ncn(-c5ccc(OC(F)(F)F)cc5)c4n3)cc12. The van der Waals surface area contributed by atoms with E-state index >= 15 is 8.42 Å². The molecule has 5 aromatic heterocycles. The molecule has 470 valence electrons. The maximum Gasteiger partial charge on any atom is 0.573 e. The van der Waals surface area contributed by atoms with Crippen LogP contribution in [0.2, 0.25) is 0 Å². The van der Waals surface area contributed by atoms with Crippen LogP contribution in [0.25, 0.3) is 101 Å². The maximum absolute atomic E-state index is 15.8. The van der Waals surface area contributed by atoms with E-state index in [-0.39, 0.29) is 140 Å². The van der Waals surface area contributed by atoms with Crippen LogP contribution in [-0.4, -0.2) is 106 Å². The molecule has 92 heavy (non-hydrogen) atoms. The van der Waals surface area contributed by atoms with Gasteiger partial charge in [-0.25, -0.2) is 54.3 Å². The number of furan rings is 2. The van der Waals surface area contributed by atoms with Crippen LogP contribution in [0, 0.1) is 30.2 Å². The number of aromatic nitrogens is 6. The number of carbonyl (C=O) groups is 2. The Morgan fingerprint density at radius 3 is 1.70 bits per heavy atom. The number of nitrogens with zero attached hydrogens (tertiary/aromatic N) is 8. The molecule has 12 rings (SSSR count). The fourth-order valence-corrected chi connectivity index (χ4v) is 12.5. The molecular formula is C63H47F7N10O10S2. The smallest absolute Gasteiger partial charge is 0.494 e. The lowest BCUT2D eigenvalue weighted by atomic mass is 9.97. The summed E-state index contributed by atoms with van der Waals surface area (Å²) in [5, 5.41) is 5.37. The van der Waals surface area contributed by atoms with Gasteiger partial charge in [0.25, 0.3) is 11.8 Å². The number of alkyl halides is 3. The number of nitrogens with one attached hydrogen (secondary N) is 2. The summed E-state index contributed by atoms with van der Waals surface area (Å²) >= 11 is 0. The summed E-state index contributed by atoms with van der Waals surface area (Å²) in [5.41, 5.74) is 0.138. The van der Waals surface area contributed by atoms with Crippen molar-refractivity contribution in [1.82, 2.24) is 39.7 Å². The number of hydrogen-bond acceptors (Lipinski definition) is 14. The molecule has 0 unspecified atom stereocenters. The van der Waals surface area contributed by atoms with Crippen LogP contribution in [0.1, 0.15) is 32.2 Å². The minimum Gasteiger partial charge on any atom is -0.494 e. The average Bonchev–Trinajstić information content (AvgIpc) is 1.53. The number of ether oxygens (including phenoxy) is 2. The van der Waals surface area contributed by atoms with E-state index in [2.05, 4.69) is 25.3 Å². The van der Waals surface area contributed by atoms with Gasteiger partial charge in [0.2, 0.25) is 20.0 Å². The van der Waals surface area contributed by atoms with Gasteiger partial charge in [-0.15, -0.1) is 13.2 Å². The Morgan fingerprint density at radius 2 is 1.17 bits per heavy atom. The summed E-state index contributed by atoms with van der Waals surface area (Å²) in [5.74, 6) is -6.04. The number of anilines is 2. The minimum atomic E-state index is -5.05. The number of sulfonamides is 2. The van der Waals surface area contributed by atoms with E-state index in [0.717, 1.165) is 63.4 Å². The maximum atomic E-state index is 15.8. The molecule has 2 amide bonds. The molecular weight excluding hydrogens is 1250 g/mol. The van der Waals surface area contributed by atoms with E-state index in [4.69, 9.17) is 23.5 Å². The van der Waals surface area contributed by atoms with E-state index in [9.17, 15) is 48.7 Å². The highest BCUT2D eigenvalue weighted by Crippen LogP contribution is 2.46. The first-order chi connectivity index (χ1) is 43.6. The van der Waals surface area contributed by atoms with E-state index in [1.807, 2.05) is 0 Å². The topological polar surface area (TPSA) is 239 Å². The van der Waals surface area contributed by atoms with Crippen molar-refractivity contribution in [3.05, 3.63) is 180 Å². The first-order valence-electron chi connectivity index (χ1n) is 27.4. The number of rotatable bonds is 16. The van der Waals surface area contributed by atoms with Crippen molar-refractivity contribution in [3.8, 4) is 68.0 Å². The van der Waals surface area contributed by atoms with Gasteiger partial charge in [0.1, 0.15) is 86.4 Å². The predicted molar refractivity (Wildman–Crippen MR) is 328 cm³/mol. The second-order valence-electron chi connectivity index (χ2n) is 21.0. The molecule has 2 N–H and O–H groups in total. The number of amides is 2. The van der Waals surface area contributed by atoms with Gasteiger partial charge in [-0.2, -0.15) is 0 Å². The van der Waals surface area contributed by atoms with Gasteiger partial charge < -0.3 is 28.9 Å². The van der Waals surface area contributed by atoms with Gasteiger partial charge in [0.05, 0.1) is 52.8 Å². The molecule has 0 radical (unpaired) electrons. The standard InChI is InChI=1S/C63H47F7N10O10S2/c1-31-74-56-49(80(31)40-23-37(66)22-38(67)24-40)20-34(21-52(56)87-6)42-25-44-50(88-57(53(44)61(81)71-2)32-8-12-35(64)13-9-32)27-47(42)78(5)92(85,86)29-46-55-60(79(30-73-55)39-16-18-41(19-17-39)90-63(68,69)70)76-59(75-46)43-26-45-51(28-48(43)77(4)91(7,83)84)89-58(54(45)62(82)72-3)33-10-14-36(65)15-11-33/h8-28,30H,29H2,1-7H3,(H,71,81)(H,72,82). The van der Waals surface area contributed by atoms with Crippen molar-refractivity contribution in [3.63, 3.8) is 0 Å². The Bertz CT molecular complexity index is 5230. The lowest BCUT2D eigenvalue weighted by Gasteiger charge is -2.23. The van der Waals surface area contributed by atoms with Gasteiger partial charge in [0.15, 0.2) is 11.5 Å². The third-order valence-corrected chi connectivity index (χ3v) is 18.1.